The van der Waals surface area contributed by atoms with Crippen LogP contribution in [-0.4, -0.2) is 18.1 Å². The van der Waals surface area contributed by atoms with Gasteiger partial charge in [0.1, 0.15) is 10.6 Å². The first kappa shape index (κ1) is 26.9. The third kappa shape index (κ3) is 8.48. The van der Waals surface area contributed by atoms with Gasteiger partial charge in [-0.1, -0.05) is 100 Å². The molecule has 186 valence electrons. The number of amides is 1. The van der Waals surface area contributed by atoms with E-state index in [1.165, 1.54) is 62.5 Å². The Hall–Kier alpha value is -2.70. The van der Waals surface area contributed by atoms with Crippen molar-refractivity contribution >= 4 is 51.1 Å². The molecule has 0 atom stereocenters. The van der Waals surface area contributed by atoms with Crippen molar-refractivity contribution in [2.75, 3.05) is 0 Å². The molecule has 0 saturated carbocycles. The lowest BCUT2D eigenvalue weighted by atomic mass is 10.1. The number of para-hydroxylation sites is 1. The SMILES string of the molecule is CCCCCCCCCCCC(=O)NN=Cc1ccccc1OC(=O)c1sc2ccccc2c1Cl. The highest BCUT2D eigenvalue weighted by atomic mass is 35.5. The minimum atomic E-state index is -0.522. The highest BCUT2D eigenvalue weighted by molar-refractivity contribution is 7.21. The van der Waals surface area contributed by atoms with E-state index in [0.29, 0.717) is 27.6 Å². The van der Waals surface area contributed by atoms with Gasteiger partial charge in [-0.25, -0.2) is 10.2 Å². The third-order valence-corrected chi connectivity index (χ3v) is 7.40. The lowest BCUT2D eigenvalue weighted by Crippen LogP contribution is -2.17. The van der Waals surface area contributed by atoms with Gasteiger partial charge in [-0.15, -0.1) is 11.3 Å². The molecule has 7 heteroatoms. The summed E-state index contributed by atoms with van der Waals surface area (Å²) < 4.78 is 6.54. The smallest absolute Gasteiger partial charge is 0.355 e. The van der Waals surface area contributed by atoms with Crippen LogP contribution in [0.4, 0.5) is 0 Å². The number of carbonyl (C=O) groups is 2. The van der Waals surface area contributed by atoms with Gasteiger partial charge in [0.15, 0.2) is 0 Å². The summed E-state index contributed by atoms with van der Waals surface area (Å²) >= 11 is 7.71. The summed E-state index contributed by atoms with van der Waals surface area (Å²) in [5.41, 5.74) is 3.15. The van der Waals surface area contributed by atoms with Crippen molar-refractivity contribution in [1.29, 1.82) is 0 Å². The summed E-state index contributed by atoms with van der Waals surface area (Å²) in [5.74, 6) is -0.287. The van der Waals surface area contributed by atoms with Crippen molar-refractivity contribution in [3.63, 3.8) is 0 Å². The maximum absolute atomic E-state index is 12.8. The van der Waals surface area contributed by atoms with E-state index in [-0.39, 0.29) is 5.91 Å². The lowest BCUT2D eigenvalue weighted by Gasteiger charge is -2.06. The van der Waals surface area contributed by atoms with E-state index < -0.39 is 5.97 Å². The Morgan fingerprint density at radius 1 is 0.943 bits per heavy atom. The first-order valence-corrected chi connectivity index (χ1v) is 13.6. The number of nitrogens with one attached hydrogen (secondary N) is 1. The average Bonchev–Trinajstić information content (AvgIpc) is 3.21. The zero-order chi connectivity index (χ0) is 24.9. The van der Waals surface area contributed by atoms with Gasteiger partial charge in [0.05, 0.1) is 11.2 Å². The van der Waals surface area contributed by atoms with Gasteiger partial charge in [-0.2, -0.15) is 5.10 Å². The van der Waals surface area contributed by atoms with Crippen LogP contribution in [0.2, 0.25) is 5.02 Å². The van der Waals surface area contributed by atoms with E-state index in [4.69, 9.17) is 16.3 Å². The summed E-state index contributed by atoms with van der Waals surface area (Å²) in [6.45, 7) is 2.23. The molecular formula is C28H33ClN2O3S. The number of rotatable bonds is 14. The normalized spacial score (nSPS) is 11.3. The van der Waals surface area contributed by atoms with Crippen LogP contribution in [0.25, 0.3) is 10.1 Å². The second kappa shape index (κ2) is 14.6. The van der Waals surface area contributed by atoms with Crippen LogP contribution < -0.4 is 10.2 Å². The summed E-state index contributed by atoms with van der Waals surface area (Å²) in [6, 6.07) is 14.6. The number of hydrazone groups is 1. The number of nitrogens with zero attached hydrogens (tertiary/aromatic N) is 1. The molecule has 1 aromatic heterocycles. The summed E-state index contributed by atoms with van der Waals surface area (Å²) in [5, 5.41) is 5.28. The largest absolute Gasteiger partial charge is 0.422 e. The first-order valence-electron chi connectivity index (χ1n) is 12.4. The number of thiophene rings is 1. The zero-order valence-electron chi connectivity index (χ0n) is 20.2. The van der Waals surface area contributed by atoms with Gasteiger partial charge < -0.3 is 4.74 Å². The molecule has 5 nitrogen and oxygen atoms in total. The molecule has 0 radical (unpaired) electrons. The number of ether oxygens (including phenoxy) is 1. The molecule has 0 aliphatic heterocycles. The highest BCUT2D eigenvalue weighted by Gasteiger charge is 2.19. The second-order valence-corrected chi connectivity index (χ2v) is 9.97. The van der Waals surface area contributed by atoms with Gasteiger partial charge in [0, 0.05) is 22.1 Å². The monoisotopic (exact) mass is 512 g/mol. The van der Waals surface area contributed by atoms with E-state index in [1.54, 1.807) is 18.2 Å². The molecule has 0 spiro atoms. The van der Waals surface area contributed by atoms with Crippen molar-refractivity contribution in [1.82, 2.24) is 5.43 Å². The Labute approximate surface area is 216 Å². The Morgan fingerprint density at radius 2 is 1.60 bits per heavy atom. The maximum Gasteiger partial charge on any atom is 0.355 e. The van der Waals surface area contributed by atoms with Crippen LogP contribution in [0.1, 0.15) is 86.4 Å². The molecule has 0 fully saturated rings. The second-order valence-electron chi connectivity index (χ2n) is 8.54. The molecular weight excluding hydrogens is 480 g/mol. The summed E-state index contributed by atoms with van der Waals surface area (Å²) in [7, 11) is 0. The fraction of sp³-hybridized carbons (Fsp3) is 0.393. The van der Waals surface area contributed by atoms with Crippen LogP contribution in [-0.2, 0) is 4.79 Å². The van der Waals surface area contributed by atoms with Crippen molar-refractivity contribution in [3.05, 3.63) is 64.0 Å². The van der Waals surface area contributed by atoms with Gasteiger partial charge in [0.25, 0.3) is 0 Å². The van der Waals surface area contributed by atoms with E-state index in [1.807, 2.05) is 30.3 Å². The number of benzene rings is 2. The fourth-order valence-electron chi connectivity index (χ4n) is 3.80. The molecule has 35 heavy (non-hydrogen) atoms. The Balaban J connectivity index is 1.45. The number of carbonyl (C=O) groups excluding carboxylic acids is 2. The predicted octanol–water partition coefficient (Wildman–Crippen LogP) is 8.14. The maximum atomic E-state index is 12.8. The number of fused-ring (bicyclic) bond motifs is 1. The van der Waals surface area contributed by atoms with E-state index in [2.05, 4.69) is 17.5 Å². The molecule has 0 unspecified atom stereocenters. The topological polar surface area (TPSA) is 67.8 Å². The molecule has 0 bridgehead atoms. The van der Waals surface area contributed by atoms with E-state index >= 15 is 0 Å². The quantitative estimate of drug-likeness (QED) is 0.0778. The number of hydrogen-bond donors (Lipinski definition) is 1. The van der Waals surface area contributed by atoms with E-state index in [0.717, 1.165) is 22.9 Å². The van der Waals surface area contributed by atoms with Crippen LogP contribution in [0.3, 0.4) is 0 Å². The fourth-order valence-corrected chi connectivity index (χ4v) is 5.18. The molecule has 0 aliphatic rings. The Kier molecular flexibility index (Phi) is 11.3. The number of hydrogen-bond acceptors (Lipinski definition) is 5. The Bertz CT molecular complexity index is 1140. The molecule has 1 amide bonds. The molecule has 1 heterocycles. The third-order valence-electron chi connectivity index (χ3n) is 5.74. The highest BCUT2D eigenvalue weighted by Crippen LogP contribution is 2.36. The van der Waals surface area contributed by atoms with Crippen molar-refractivity contribution < 1.29 is 14.3 Å². The van der Waals surface area contributed by atoms with Gasteiger partial charge in [-0.05, 0) is 24.6 Å². The molecule has 3 rings (SSSR count). The van der Waals surface area contributed by atoms with Crippen LogP contribution in [0.15, 0.2) is 53.6 Å². The predicted molar refractivity (Wildman–Crippen MR) is 146 cm³/mol. The van der Waals surface area contributed by atoms with E-state index in [9.17, 15) is 9.59 Å². The zero-order valence-corrected chi connectivity index (χ0v) is 21.8. The summed E-state index contributed by atoms with van der Waals surface area (Å²) in [4.78, 5) is 25.2. The van der Waals surface area contributed by atoms with Crippen LogP contribution >= 0.6 is 22.9 Å². The standard InChI is InChI=1S/C28H33ClN2O3S/c1-2-3-4-5-6-7-8-9-10-19-25(32)31-30-20-21-15-11-13-17-23(21)34-28(33)27-26(29)22-16-12-14-18-24(22)35-27/h11-18,20H,2-10,19H2,1H3,(H,31,32). The van der Waals surface area contributed by atoms with Gasteiger partial charge in [0.2, 0.25) is 5.91 Å². The average molecular weight is 513 g/mol. The molecule has 1 N–H and O–H groups in total. The number of esters is 1. The molecule has 2 aromatic carbocycles. The van der Waals surface area contributed by atoms with Crippen molar-refractivity contribution in [2.45, 2.75) is 71.1 Å². The number of halogens is 1. The molecule has 0 saturated heterocycles. The van der Waals surface area contributed by atoms with Crippen molar-refractivity contribution in [2.24, 2.45) is 5.10 Å². The van der Waals surface area contributed by atoms with Crippen LogP contribution in [0.5, 0.6) is 5.75 Å². The first-order chi connectivity index (χ1) is 17.1. The van der Waals surface area contributed by atoms with Gasteiger partial charge in [-0.3, -0.25) is 4.79 Å². The molecule has 0 aliphatic carbocycles. The summed E-state index contributed by atoms with van der Waals surface area (Å²) in [6.07, 6.45) is 12.8. The van der Waals surface area contributed by atoms with Gasteiger partial charge >= 0.3 is 5.97 Å². The number of unbranched alkanes of at least 4 members (excludes halogenated alkanes) is 8. The molecule has 3 aromatic rings. The van der Waals surface area contributed by atoms with Crippen molar-refractivity contribution in [3.8, 4) is 5.75 Å². The lowest BCUT2D eigenvalue weighted by molar-refractivity contribution is -0.121. The Morgan fingerprint density at radius 3 is 2.34 bits per heavy atom. The van der Waals surface area contributed by atoms with Crippen LogP contribution in [0, 0.1) is 0 Å². The minimum absolute atomic E-state index is 0.115. The minimum Gasteiger partial charge on any atom is -0.422 e.